The van der Waals surface area contributed by atoms with Gasteiger partial charge in [-0.15, -0.1) is 22.7 Å². The molecule has 1 atom stereocenters. The molecule has 0 saturated heterocycles. The van der Waals surface area contributed by atoms with Crippen molar-refractivity contribution < 1.29 is 9.26 Å². The lowest BCUT2D eigenvalue weighted by atomic mass is 9.98. The predicted molar refractivity (Wildman–Crippen MR) is 111 cm³/mol. The van der Waals surface area contributed by atoms with Crippen LogP contribution in [0.4, 0.5) is 0 Å². The first kappa shape index (κ1) is 17.6. The minimum atomic E-state index is 0.256. The molecule has 1 aliphatic heterocycles. The van der Waals surface area contributed by atoms with Crippen LogP contribution < -0.4 is 4.74 Å². The number of fused-ring (bicyclic) bond motifs is 1. The van der Waals surface area contributed by atoms with E-state index in [1.165, 1.54) is 15.3 Å². The van der Waals surface area contributed by atoms with E-state index in [1.54, 1.807) is 18.4 Å². The van der Waals surface area contributed by atoms with E-state index in [4.69, 9.17) is 9.26 Å². The van der Waals surface area contributed by atoms with Crippen LogP contribution in [0.25, 0.3) is 11.4 Å². The molecule has 0 radical (unpaired) electrons. The fourth-order valence-electron chi connectivity index (χ4n) is 3.67. The number of thiophene rings is 2. The zero-order chi connectivity index (χ0) is 18.9. The lowest BCUT2D eigenvalue weighted by Crippen LogP contribution is -2.34. The van der Waals surface area contributed by atoms with Crippen LogP contribution in [0.15, 0.2) is 57.7 Å². The fraction of sp³-hybridized carbons (Fsp3) is 0.238. The van der Waals surface area contributed by atoms with E-state index in [1.807, 2.05) is 35.6 Å². The zero-order valence-electron chi connectivity index (χ0n) is 15.4. The highest BCUT2D eigenvalue weighted by atomic mass is 32.1. The molecule has 0 N–H and O–H groups in total. The van der Waals surface area contributed by atoms with Crippen molar-refractivity contribution in [1.82, 2.24) is 15.0 Å². The van der Waals surface area contributed by atoms with Gasteiger partial charge in [0.2, 0.25) is 11.7 Å². The summed E-state index contributed by atoms with van der Waals surface area (Å²) in [5.74, 6) is 2.07. The molecule has 7 heteroatoms. The number of nitrogens with zero attached hydrogens (tertiary/aromatic N) is 3. The van der Waals surface area contributed by atoms with E-state index < -0.39 is 0 Å². The third kappa shape index (κ3) is 3.26. The number of hydrogen-bond acceptors (Lipinski definition) is 7. The summed E-state index contributed by atoms with van der Waals surface area (Å²) < 4.78 is 10.8. The highest BCUT2D eigenvalue weighted by Crippen LogP contribution is 2.40. The summed E-state index contributed by atoms with van der Waals surface area (Å²) in [7, 11) is 1.66. The maximum atomic E-state index is 5.59. The van der Waals surface area contributed by atoms with E-state index in [0.717, 1.165) is 24.3 Å². The molecule has 0 spiro atoms. The summed E-state index contributed by atoms with van der Waals surface area (Å²) in [6, 6.07) is 14.5. The molecule has 4 heterocycles. The highest BCUT2D eigenvalue weighted by molar-refractivity contribution is 7.10. The van der Waals surface area contributed by atoms with Gasteiger partial charge in [0.05, 0.1) is 19.7 Å². The van der Waals surface area contributed by atoms with Gasteiger partial charge >= 0.3 is 0 Å². The van der Waals surface area contributed by atoms with Crippen molar-refractivity contribution in [3.8, 4) is 17.1 Å². The van der Waals surface area contributed by atoms with E-state index >= 15 is 0 Å². The van der Waals surface area contributed by atoms with Crippen LogP contribution in [0.3, 0.4) is 0 Å². The molecule has 3 aromatic heterocycles. The summed E-state index contributed by atoms with van der Waals surface area (Å²) in [4.78, 5) is 9.91. The number of rotatable bonds is 5. The average molecular weight is 410 g/mol. The maximum absolute atomic E-state index is 5.59. The molecule has 1 aromatic carbocycles. The largest absolute Gasteiger partial charge is 0.497 e. The number of hydrogen-bond donors (Lipinski definition) is 0. The standard InChI is InChI=1S/C21H19N3O2S2/c1-25-15-6-4-14(5-7-15)21-22-19(26-23-21)13-24-10-8-17-16(9-12-28-17)20(24)18-3-2-11-27-18/h2-7,9,11-12,20H,8,10,13H2,1H3/t20-/m0/s1. The van der Waals surface area contributed by atoms with Crippen molar-refractivity contribution >= 4 is 22.7 Å². The molecule has 0 aliphatic carbocycles. The Morgan fingerprint density at radius 1 is 1.14 bits per heavy atom. The van der Waals surface area contributed by atoms with Crippen LogP contribution in [-0.2, 0) is 13.0 Å². The van der Waals surface area contributed by atoms with Gasteiger partial charge in [-0.2, -0.15) is 4.98 Å². The topological polar surface area (TPSA) is 51.4 Å². The Kier molecular flexibility index (Phi) is 4.72. The minimum Gasteiger partial charge on any atom is -0.497 e. The quantitative estimate of drug-likeness (QED) is 0.463. The van der Waals surface area contributed by atoms with Crippen molar-refractivity contribution in [2.45, 2.75) is 19.0 Å². The van der Waals surface area contributed by atoms with Crippen molar-refractivity contribution in [3.63, 3.8) is 0 Å². The van der Waals surface area contributed by atoms with E-state index in [9.17, 15) is 0 Å². The first-order valence-electron chi connectivity index (χ1n) is 9.12. The molecular weight excluding hydrogens is 390 g/mol. The van der Waals surface area contributed by atoms with Crippen molar-refractivity contribution in [1.29, 1.82) is 0 Å². The summed E-state index contributed by atoms with van der Waals surface area (Å²) >= 11 is 3.66. The maximum Gasteiger partial charge on any atom is 0.241 e. The first-order valence-corrected chi connectivity index (χ1v) is 10.9. The van der Waals surface area contributed by atoms with Gasteiger partial charge in [0.15, 0.2) is 0 Å². The normalized spacial score (nSPS) is 16.8. The molecule has 4 aromatic rings. The lowest BCUT2D eigenvalue weighted by Gasteiger charge is -2.34. The number of methoxy groups -OCH3 is 1. The van der Waals surface area contributed by atoms with Crippen LogP contribution in [0.1, 0.15) is 27.3 Å². The third-order valence-electron chi connectivity index (χ3n) is 5.03. The van der Waals surface area contributed by atoms with Crippen molar-refractivity contribution in [2.24, 2.45) is 0 Å². The number of ether oxygens (including phenoxy) is 1. The smallest absolute Gasteiger partial charge is 0.241 e. The Morgan fingerprint density at radius 2 is 2.04 bits per heavy atom. The molecule has 142 valence electrons. The monoisotopic (exact) mass is 409 g/mol. The Labute approximate surface area is 171 Å². The Balaban J connectivity index is 1.40. The van der Waals surface area contributed by atoms with Gasteiger partial charge in [0.25, 0.3) is 0 Å². The molecule has 0 amide bonds. The second-order valence-electron chi connectivity index (χ2n) is 6.68. The predicted octanol–water partition coefficient (Wildman–Crippen LogP) is 5.02. The minimum absolute atomic E-state index is 0.256. The van der Waals surface area contributed by atoms with Gasteiger partial charge in [-0.25, -0.2) is 0 Å². The van der Waals surface area contributed by atoms with Gasteiger partial charge in [-0.3, -0.25) is 4.90 Å². The summed E-state index contributed by atoms with van der Waals surface area (Å²) in [5, 5.41) is 8.52. The number of benzene rings is 1. The molecule has 0 saturated carbocycles. The molecule has 0 bridgehead atoms. The van der Waals surface area contributed by atoms with Gasteiger partial charge in [-0.1, -0.05) is 11.2 Å². The molecule has 0 unspecified atom stereocenters. The Bertz CT molecular complexity index is 1050. The highest BCUT2D eigenvalue weighted by Gasteiger charge is 2.31. The van der Waals surface area contributed by atoms with E-state index in [0.29, 0.717) is 18.3 Å². The van der Waals surface area contributed by atoms with Crippen molar-refractivity contribution in [3.05, 3.63) is 74.4 Å². The Morgan fingerprint density at radius 3 is 2.82 bits per heavy atom. The second-order valence-corrected chi connectivity index (χ2v) is 8.66. The SMILES string of the molecule is COc1ccc(-c2noc(CN3CCc4sccc4[C@H]3c3cccs3)n2)cc1. The van der Waals surface area contributed by atoms with Crippen LogP contribution in [0.5, 0.6) is 5.75 Å². The van der Waals surface area contributed by atoms with E-state index in [2.05, 4.69) is 44.0 Å². The molecule has 0 fully saturated rings. The molecule has 1 aliphatic rings. The zero-order valence-corrected chi connectivity index (χ0v) is 17.0. The lowest BCUT2D eigenvalue weighted by molar-refractivity contribution is 0.181. The number of aromatic nitrogens is 2. The van der Waals surface area contributed by atoms with Crippen LogP contribution in [-0.4, -0.2) is 28.7 Å². The summed E-state index contributed by atoms with van der Waals surface area (Å²) in [5.41, 5.74) is 2.33. The summed E-state index contributed by atoms with van der Waals surface area (Å²) in [6.45, 7) is 1.62. The van der Waals surface area contributed by atoms with Gasteiger partial charge in [0, 0.05) is 21.9 Å². The third-order valence-corrected chi connectivity index (χ3v) is 6.95. The Hall–Kier alpha value is -2.48. The van der Waals surface area contributed by atoms with Crippen molar-refractivity contribution in [2.75, 3.05) is 13.7 Å². The average Bonchev–Trinajstić information content (AvgIpc) is 3.49. The van der Waals surface area contributed by atoms with Crippen LogP contribution in [0, 0.1) is 0 Å². The van der Waals surface area contributed by atoms with Gasteiger partial charge in [-0.05, 0) is 59.1 Å². The van der Waals surface area contributed by atoms with Crippen LogP contribution in [0.2, 0.25) is 0 Å². The molecule has 5 nitrogen and oxygen atoms in total. The summed E-state index contributed by atoms with van der Waals surface area (Å²) in [6.07, 6.45) is 1.06. The van der Waals surface area contributed by atoms with Gasteiger partial charge in [0.1, 0.15) is 5.75 Å². The molecular formula is C21H19N3O2S2. The van der Waals surface area contributed by atoms with Gasteiger partial charge < -0.3 is 9.26 Å². The molecule has 28 heavy (non-hydrogen) atoms. The van der Waals surface area contributed by atoms with E-state index in [-0.39, 0.29) is 6.04 Å². The second kappa shape index (κ2) is 7.50. The fourth-order valence-corrected chi connectivity index (χ4v) is 5.45. The van der Waals surface area contributed by atoms with Crippen LogP contribution >= 0.6 is 22.7 Å². The molecule has 5 rings (SSSR count). The first-order chi connectivity index (χ1) is 13.8.